The van der Waals surface area contributed by atoms with Crippen molar-refractivity contribution in [2.45, 2.75) is 38.6 Å². The van der Waals surface area contributed by atoms with Gasteiger partial charge in [0.1, 0.15) is 23.5 Å². The average Bonchev–Trinajstić information content (AvgIpc) is 3.44. The van der Waals surface area contributed by atoms with E-state index in [9.17, 15) is 4.79 Å². The Hall–Kier alpha value is -3.86. The second-order valence-electron chi connectivity index (χ2n) is 8.07. The molecule has 0 aromatic carbocycles. The Morgan fingerprint density at radius 3 is 2.88 bits per heavy atom. The van der Waals surface area contributed by atoms with Crippen LogP contribution in [0.4, 0.5) is 5.82 Å². The monoisotopic (exact) mass is 430 g/mol. The van der Waals surface area contributed by atoms with E-state index in [0.717, 1.165) is 24.2 Å². The van der Waals surface area contributed by atoms with Gasteiger partial charge in [-0.05, 0) is 57.2 Å². The minimum atomic E-state index is -0.251. The number of fused-ring (bicyclic) bond motifs is 1. The molecule has 3 aromatic heterocycles. The van der Waals surface area contributed by atoms with Crippen LogP contribution in [0.25, 0.3) is 11.0 Å². The SMILES string of the molecule is CO/C(C)=C/CCNC(=O)c1c(C#Cc2cccnc2)n(C2(C)CC2)c2ncnc(N)c12. The Bertz CT molecular complexity index is 1250. The van der Waals surface area contributed by atoms with Crippen molar-refractivity contribution in [1.82, 2.24) is 24.8 Å². The second-order valence-corrected chi connectivity index (χ2v) is 8.07. The maximum Gasteiger partial charge on any atom is 0.254 e. The van der Waals surface area contributed by atoms with Crippen LogP contribution in [0.1, 0.15) is 54.7 Å². The first-order valence-electron chi connectivity index (χ1n) is 10.5. The molecule has 164 valence electrons. The van der Waals surface area contributed by atoms with Gasteiger partial charge in [-0.15, -0.1) is 0 Å². The van der Waals surface area contributed by atoms with Gasteiger partial charge < -0.3 is 20.4 Å². The Labute approximate surface area is 186 Å². The van der Waals surface area contributed by atoms with Crippen LogP contribution in [0.2, 0.25) is 0 Å². The van der Waals surface area contributed by atoms with Gasteiger partial charge in [0.2, 0.25) is 0 Å². The fourth-order valence-electron chi connectivity index (χ4n) is 3.61. The van der Waals surface area contributed by atoms with E-state index in [0.29, 0.717) is 35.3 Å². The van der Waals surface area contributed by atoms with Crippen molar-refractivity contribution in [3.63, 3.8) is 0 Å². The number of hydrogen-bond acceptors (Lipinski definition) is 6. The summed E-state index contributed by atoms with van der Waals surface area (Å²) in [4.78, 5) is 26.1. The largest absolute Gasteiger partial charge is 0.502 e. The molecule has 0 radical (unpaired) electrons. The highest BCUT2D eigenvalue weighted by atomic mass is 16.5. The molecule has 4 rings (SSSR count). The molecule has 8 nitrogen and oxygen atoms in total. The number of carbonyl (C=O) groups excluding carboxylic acids is 1. The minimum Gasteiger partial charge on any atom is -0.502 e. The third-order valence-electron chi connectivity index (χ3n) is 5.69. The number of methoxy groups -OCH3 is 1. The molecule has 8 heteroatoms. The van der Waals surface area contributed by atoms with Gasteiger partial charge in [0.05, 0.1) is 23.8 Å². The van der Waals surface area contributed by atoms with E-state index in [1.54, 1.807) is 19.5 Å². The molecule has 0 unspecified atom stereocenters. The molecule has 3 N–H and O–H groups in total. The Morgan fingerprint density at radius 2 is 2.19 bits per heavy atom. The lowest BCUT2D eigenvalue weighted by Gasteiger charge is -2.14. The van der Waals surface area contributed by atoms with Crippen molar-refractivity contribution < 1.29 is 9.53 Å². The van der Waals surface area contributed by atoms with Crippen LogP contribution < -0.4 is 11.1 Å². The number of nitrogens with zero attached hydrogens (tertiary/aromatic N) is 4. The van der Waals surface area contributed by atoms with Gasteiger partial charge in [-0.2, -0.15) is 0 Å². The number of pyridine rings is 1. The van der Waals surface area contributed by atoms with Gasteiger partial charge in [0.25, 0.3) is 5.91 Å². The number of nitrogens with one attached hydrogen (secondary N) is 1. The van der Waals surface area contributed by atoms with E-state index in [1.165, 1.54) is 6.33 Å². The lowest BCUT2D eigenvalue weighted by atomic mass is 10.1. The standard InChI is InChI=1S/C24H26N6O2/c1-16(32-3)6-4-13-27-23(31)19-18(9-8-17-7-5-12-26-14-17)30(24(2)10-11-24)22-20(19)21(25)28-15-29-22/h5-7,12,14-15H,4,10-11,13H2,1-3H3,(H,27,31)(H2,25,28,29)/b16-6+. The summed E-state index contributed by atoms with van der Waals surface area (Å²) in [7, 11) is 1.62. The van der Waals surface area contributed by atoms with Crippen molar-refractivity contribution in [3.8, 4) is 11.8 Å². The quantitative estimate of drug-likeness (QED) is 0.354. The van der Waals surface area contributed by atoms with Crippen molar-refractivity contribution in [2.75, 3.05) is 19.4 Å². The normalized spacial score (nSPS) is 14.5. The highest BCUT2D eigenvalue weighted by Crippen LogP contribution is 2.47. The summed E-state index contributed by atoms with van der Waals surface area (Å²) in [6, 6.07) is 3.71. The van der Waals surface area contributed by atoms with Crippen LogP contribution in [-0.4, -0.2) is 39.1 Å². The van der Waals surface area contributed by atoms with Gasteiger partial charge in [-0.3, -0.25) is 9.78 Å². The topological polar surface area (TPSA) is 108 Å². The van der Waals surface area contributed by atoms with Crippen molar-refractivity contribution >= 4 is 22.8 Å². The lowest BCUT2D eigenvalue weighted by molar-refractivity contribution is 0.0955. The number of hydrogen-bond donors (Lipinski definition) is 2. The Morgan fingerprint density at radius 1 is 1.38 bits per heavy atom. The number of rotatable bonds is 6. The molecule has 0 bridgehead atoms. The summed E-state index contributed by atoms with van der Waals surface area (Å²) < 4.78 is 7.19. The Kier molecular flexibility index (Phi) is 5.82. The maximum absolute atomic E-state index is 13.4. The van der Waals surface area contributed by atoms with E-state index < -0.39 is 0 Å². The second kappa shape index (κ2) is 8.71. The number of allylic oxidation sites excluding steroid dienone is 1. The molecular formula is C24H26N6O2. The molecule has 32 heavy (non-hydrogen) atoms. The lowest BCUT2D eigenvalue weighted by Crippen LogP contribution is -2.25. The van der Waals surface area contributed by atoms with E-state index in [2.05, 4.69) is 39.0 Å². The fourth-order valence-corrected chi connectivity index (χ4v) is 3.61. The van der Waals surface area contributed by atoms with Crippen molar-refractivity contribution in [2.24, 2.45) is 0 Å². The number of anilines is 1. The molecule has 1 aliphatic rings. The molecule has 0 spiro atoms. The van der Waals surface area contributed by atoms with Crippen LogP contribution >= 0.6 is 0 Å². The predicted molar refractivity (Wildman–Crippen MR) is 123 cm³/mol. The minimum absolute atomic E-state index is 0.158. The first kappa shape index (κ1) is 21.4. The molecule has 1 fully saturated rings. The molecule has 1 saturated carbocycles. The van der Waals surface area contributed by atoms with Gasteiger partial charge in [0.15, 0.2) is 0 Å². The summed E-state index contributed by atoms with van der Waals surface area (Å²) in [5, 5.41) is 3.52. The molecule has 1 amide bonds. The van der Waals surface area contributed by atoms with Crippen molar-refractivity contribution in [3.05, 3.63) is 59.5 Å². The maximum atomic E-state index is 13.4. The van der Waals surface area contributed by atoms with E-state index in [-0.39, 0.29) is 17.3 Å². The van der Waals surface area contributed by atoms with Crippen LogP contribution in [0.3, 0.4) is 0 Å². The summed E-state index contributed by atoms with van der Waals surface area (Å²) >= 11 is 0. The zero-order chi connectivity index (χ0) is 22.7. The fraction of sp³-hybridized carbons (Fsp3) is 0.333. The zero-order valence-corrected chi connectivity index (χ0v) is 18.5. The van der Waals surface area contributed by atoms with Crippen LogP contribution in [0.15, 0.2) is 42.7 Å². The number of ether oxygens (including phenoxy) is 1. The molecule has 3 aromatic rings. The average molecular weight is 431 g/mol. The number of aromatic nitrogens is 4. The number of nitrogens with two attached hydrogens (primary N) is 1. The number of carbonyl (C=O) groups is 1. The predicted octanol–water partition coefficient (Wildman–Crippen LogP) is 2.99. The first-order chi connectivity index (χ1) is 15.4. The molecule has 0 saturated heterocycles. The number of nitrogen functional groups attached to an aromatic ring is 1. The Balaban J connectivity index is 1.81. The van der Waals surface area contributed by atoms with E-state index in [1.807, 2.05) is 29.7 Å². The van der Waals surface area contributed by atoms with Crippen molar-refractivity contribution in [1.29, 1.82) is 0 Å². The highest BCUT2D eigenvalue weighted by Gasteiger charge is 2.43. The van der Waals surface area contributed by atoms with E-state index >= 15 is 0 Å². The smallest absolute Gasteiger partial charge is 0.254 e. The van der Waals surface area contributed by atoms with Crippen LogP contribution in [0, 0.1) is 11.8 Å². The third kappa shape index (κ3) is 4.14. The molecular weight excluding hydrogens is 404 g/mol. The van der Waals surface area contributed by atoms with E-state index in [4.69, 9.17) is 10.5 Å². The molecule has 0 atom stereocenters. The van der Waals surface area contributed by atoms with Gasteiger partial charge in [-0.25, -0.2) is 9.97 Å². The van der Waals surface area contributed by atoms with Crippen LogP contribution in [-0.2, 0) is 10.3 Å². The summed E-state index contributed by atoms with van der Waals surface area (Å²) in [5.41, 5.74) is 8.47. The summed E-state index contributed by atoms with van der Waals surface area (Å²) in [6.07, 6.45) is 9.34. The van der Waals surface area contributed by atoms with Gasteiger partial charge in [0, 0.05) is 30.0 Å². The molecule has 0 aliphatic heterocycles. The molecule has 1 aliphatic carbocycles. The molecule has 3 heterocycles. The number of amides is 1. The third-order valence-corrected chi connectivity index (χ3v) is 5.69. The summed E-state index contributed by atoms with van der Waals surface area (Å²) in [5.74, 6) is 7.17. The van der Waals surface area contributed by atoms with Gasteiger partial charge >= 0.3 is 0 Å². The first-order valence-corrected chi connectivity index (χ1v) is 10.5. The zero-order valence-electron chi connectivity index (χ0n) is 18.5. The summed E-state index contributed by atoms with van der Waals surface area (Å²) in [6.45, 7) is 4.46. The highest BCUT2D eigenvalue weighted by molar-refractivity contribution is 6.11. The van der Waals surface area contributed by atoms with Crippen LogP contribution in [0.5, 0.6) is 0 Å². The van der Waals surface area contributed by atoms with Gasteiger partial charge in [-0.1, -0.05) is 5.92 Å².